The van der Waals surface area contributed by atoms with Crippen molar-refractivity contribution in [3.05, 3.63) is 89.2 Å². The summed E-state index contributed by atoms with van der Waals surface area (Å²) in [7, 11) is 3.13. The fourth-order valence-corrected chi connectivity index (χ4v) is 3.90. The van der Waals surface area contributed by atoms with Crippen LogP contribution < -0.4 is 14.8 Å². The fourth-order valence-electron chi connectivity index (χ4n) is 3.90. The lowest BCUT2D eigenvalue weighted by Crippen LogP contribution is -2.29. The zero-order valence-corrected chi connectivity index (χ0v) is 19.1. The van der Waals surface area contributed by atoms with Gasteiger partial charge in [0, 0.05) is 6.42 Å². The van der Waals surface area contributed by atoms with Crippen LogP contribution in [0.5, 0.6) is 11.5 Å². The highest BCUT2D eigenvalue weighted by molar-refractivity contribution is 5.79. The summed E-state index contributed by atoms with van der Waals surface area (Å²) in [5.41, 5.74) is 2.70. The van der Waals surface area contributed by atoms with Crippen molar-refractivity contribution in [3.63, 3.8) is 0 Å². The second-order valence-corrected chi connectivity index (χ2v) is 7.95. The van der Waals surface area contributed by atoms with Gasteiger partial charge in [0.25, 0.3) is 0 Å². The number of alkyl halides is 3. The van der Waals surface area contributed by atoms with E-state index in [4.69, 9.17) is 9.47 Å². The van der Waals surface area contributed by atoms with Gasteiger partial charge in [-0.2, -0.15) is 13.2 Å². The molecule has 2 N–H and O–H groups in total. The largest absolute Gasteiger partial charge is 0.497 e. The molecule has 0 saturated carbocycles. The van der Waals surface area contributed by atoms with E-state index >= 15 is 0 Å². The van der Waals surface area contributed by atoms with E-state index in [1.165, 1.54) is 6.07 Å². The Bertz CT molecular complexity index is 1320. The Hall–Kier alpha value is -4.01. The van der Waals surface area contributed by atoms with Gasteiger partial charge in [-0.1, -0.05) is 36.4 Å². The minimum atomic E-state index is -4.58. The maximum absolute atomic E-state index is 13.1. The highest BCUT2D eigenvalue weighted by Gasteiger charge is 2.34. The van der Waals surface area contributed by atoms with Crippen molar-refractivity contribution in [2.24, 2.45) is 0 Å². The number of methoxy groups -OCH3 is 2. The predicted octanol–water partition coefficient (Wildman–Crippen LogP) is 5.44. The maximum atomic E-state index is 13.1. The molecule has 0 unspecified atom stereocenters. The molecular weight excluding hydrogens is 459 g/mol. The molecule has 0 aliphatic heterocycles. The van der Waals surface area contributed by atoms with E-state index in [-0.39, 0.29) is 23.4 Å². The molecule has 0 bridgehead atoms. The van der Waals surface area contributed by atoms with Crippen LogP contribution in [-0.4, -0.2) is 30.1 Å². The van der Waals surface area contributed by atoms with Gasteiger partial charge >= 0.3 is 6.18 Å². The second-order valence-electron chi connectivity index (χ2n) is 7.95. The van der Waals surface area contributed by atoms with E-state index in [1.54, 1.807) is 38.5 Å². The molecule has 1 heterocycles. The van der Waals surface area contributed by atoms with Crippen molar-refractivity contribution in [3.8, 4) is 11.5 Å². The second kappa shape index (κ2) is 10.1. The van der Waals surface area contributed by atoms with Crippen molar-refractivity contribution in [1.29, 1.82) is 0 Å². The Labute approximate surface area is 200 Å². The van der Waals surface area contributed by atoms with E-state index in [2.05, 4.69) is 15.3 Å². The average molecular weight is 483 g/mol. The van der Waals surface area contributed by atoms with Crippen molar-refractivity contribution >= 4 is 16.9 Å². The number of benzene rings is 3. The molecule has 1 aromatic heterocycles. The normalized spacial score (nSPS) is 12.4. The molecule has 0 fully saturated rings. The van der Waals surface area contributed by atoms with Gasteiger partial charge in [0.2, 0.25) is 11.7 Å². The van der Waals surface area contributed by atoms with Crippen LogP contribution in [0.1, 0.15) is 35.0 Å². The number of ether oxygens (including phenoxy) is 2. The number of carbonyl (C=O) groups excluding carboxylic acids is 1. The lowest BCUT2D eigenvalue weighted by Gasteiger charge is -2.20. The van der Waals surface area contributed by atoms with E-state index in [0.29, 0.717) is 23.5 Å². The Morgan fingerprint density at radius 2 is 1.77 bits per heavy atom. The number of imidazole rings is 1. The fraction of sp³-hybridized carbons (Fsp3) is 0.231. The molecule has 1 atom stereocenters. The van der Waals surface area contributed by atoms with Crippen LogP contribution >= 0.6 is 0 Å². The third-order valence-electron chi connectivity index (χ3n) is 5.65. The third kappa shape index (κ3) is 5.56. The lowest BCUT2D eigenvalue weighted by atomic mass is 9.97. The van der Waals surface area contributed by atoms with Crippen molar-refractivity contribution < 1.29 is 27.4 Å². The number of hydrogen-bond acceptors (Lipinski definition) is 4. The Kier molecular flexibility index (Phi) is 6.95. The number of aromatic nitrogens is 2. The van der Waals surface area contributed by atoms with E-state index in [1.807, 2.05) is 36.4 Å². The zero-order chi connectivity index (χ0) is 25.0. The van der Waals surface area contributed by atoms with Crippen LogP contribution in [0, 0.1) is 0 Å². The SMILES string of the molecule is COc1ccc(OC)c(CCC(=O)N[C@H](c2ccccc2)c2ccc3nc(C(F)(F)F)[nH]c3c2)c1. The van der Waals surface area contributed by atoms with Gasteiger partial charge in [0.1, 0.15) is 11.5 Å². The maximum Gasteiger partial charge on any atom is 0.449 e. The van der Waals surface area contributed by atoms with Crippen LogP contribution in [0.3, 0.4) is 0 Å². The van der Waals surface area contributed by atoms with E-state index in [9.17, 15) is 18.0 Å². The molecule has 1 amide bonds. The highest BCUT2D eigenvalue weighted by Crippen LogP contribution is 2.31. The van der Waals surface area contributed by atoms with Gasteiger partial charge in [0.15, 0.2) is 0 Å². The summed E-state index contributed by atoms with van der Waals surface area (Å²) in [6.45, 7) is 0. The first kappa shape index (κ1) is 24.1. The standard InChI is InChI=1S/C26H24F3N3O3/c1-34-19-10-12-22(35-2)17(14-19)9-13-23(33)32-24(16-6-4-3-5-7-16)18-8-11-20-21(15-18)31-25(30-20)26(27,28)29/h3-8,10-12,14-15,24H,9,13H2,1-2H3,(H,30,31)(H,32,33)/t24-/m1/s1. The first-order valence-corrected chi connectivity index (χ1v) is 10.9. The number of fused-ring (bicyclic) bond motifs is 1. The molecule has 0 saturated heterocycles. The molecule has 35 heavy (non-hydrogen) atoms. The van der Waals surface area contributed by atoms with Crippen LogP contribution in [-0.2, 0) is 17.4 Å². The monoisotopic (exact) mass is 483 g/mol. The van der Waals surface area contributed by atoms with Crippen LogP contribution in [0.2, 0.25) is 0 Å². The number of hydrogen-bond donors (Lipinski definition) is 2. The number of nitrogens with one attached hydrogen (secondary N) is 2. The number of aryl methyl sites for hydroxylation is 1. The topological polar surface area (TPSA) is 76.2 Å². The highest BCUT2D eigenvalue weighted by atomic mass is 19.4. The predicted molar refractivity (Wildman–Crippen MR) is 125 cm³/mol. The molecular formula is C26H24F3N3O3. The van der Waals surface area contributed by atoms with Crippen LogP contribution in [0.15, 0.2) is 66.7 Å². The summed E-state index contributed by atoms with van der Waals surface area (Å²) in [6, 6.07) is 18.8. The Morgan fingerprint density at radius 3 is 2.46 bits per heavy atom. The Morgan fingerprint density at radius 1 is 1.00 bits per heavy atom. The van der Waals surface area contributed by atoms with E-state index in [0.717, 1.165) is 11.1 Å². The zero-order valence-electron chi connectivity index (χ0n) is 19.1. The minimum Gasteiger partial charge on any atom is -0.497 e. The molecule has 4 aromatic rings. The van der Waals surface area contributed by atoms with Crippen LogP contribution in [0.25, 0.3) is 11.0 Å². The molecule has 0 spiro atoms. The summed E-state index contributed by atoms with van der Waals surface area (Å²) in [4.78, 5) is 18.9. The number of halogens is 3. The number of aromatic amines is 1. The quantitative estimate of drug-likeness (QED) is 0.350. The minimum absolute atomic E-state index is 0.178. The molecule has 6 nitrogen and oxygen atoms in total. The van der Waals surface area contributed by atoms with Gasteiger partial charge < -0.3 is 19.8 Å². The van der Waals surface area contributed by atoms with E-state index < -0.39 is 18.0 Å². The number of carbonyl (C=O) groups is 1. The molecule has 0 aliphatic rings. The van der Waals surface area contributed by atoms with Gasteiger partial charge in [0.05, 0.1) is 31.3 Å². The molecule has 3 aromatic carbocycles. The number of amides is 1. The van der Waals surface area contributed by atoms with Gasteiger partial charge in [-0.25, -0.2) is 4.98 Å². The molecule has 0 radical (unpaired) electrons. The summed E-state index contributed by atoms with van der Waals surface area (Å²) in [5, 5.41) is 3.02. The Balaban J connectivity index is 1.58. The smallest absolute Gasteiger partial charge is 0.449 e. The number of nitrogens with zero attached hydrogens (tertiary/aromatic N) is 1. The third-order valence-corrected chi connectivity index (χ3v) is 5.65. The number of H-pyrrole nitrogens is 1. The molecule has 182 valence electrons. The average Bonchev–Trinajstić information content (AvgIpc) is 3.30. The first-order valence-electron chi connectivity index (χ1n) is 10.9. The van der Waals surface area contributed by atoms with Crippen molar-refractivity contribution in [1.82, 2.24) is 15.3 Å². The van der Waals surface area contributed by atoms with Gasteiger partial charge in [-0.05, 0) is 53.4 Å². The van der Waals surface area contributed by atoms with Crippen LogP contribution in [0.4, 0.5) is 13.2 Å². The van der Waals surface area contributed by atoms with Gasteiger partial charge in [-0.3, -0.25) is 4.79 Å². The number of rotatable bonds is 8. The van der Waals surface area contributed by atoms with Gasteiger partial charge in [-0.15, -0.1) is 0 Å². The summed E-state index contributed by atoms with van der Waals surface area (Å²) in [5.74, 6) is 0.0411. The molecule has 4 rings (SSSR count). The molecule has 0 aliphatic carbocycles. The van der Waals surface area contributed by atoms with Crippen molar-refractivity contribution in [2.45, 2.75) is 25.1 Å². The summed E-state index contributed by atoms with van der Waals surface area (Å²) >= 11 is 0. The first-order chi connectivity index (χ1) is 16.8. The molecule has 9 heteroatoms. The van der Waals surface area contributed by atoms with Crippen molar-refractivity contribution in [2.75, 3.05) is 14.2 Å². The lowest BCUT2D eigenvalue weighted by molar-refractivity contribution is -0.144. The summed E-state index contributed by atoms with van der Waals surface area (Å²) in [6.07, 6.45) is -3.98. The summed E-state index contributed by atoms with van der Waals surface area (Å²) < 4.78 is 49.9.